The van der Waals surface area contributed by atoms with Crippen molar-refractivity contribution in [3.8, 4) is 0 Å². The fraction of sp³-hybridized carbons (Fsp3) is 1.00. The molecular weight excluding hydrogens is 136 g/mol. The molecule has 1 rings (SSSR count). The first-order valence-corrected chi connectivity index (χ1v) is 4.50. The van der Waals surface area contributed by atoms with E-state index in [4.69, 9.17) is 4.74 Å². The second-order valence-corrected chi connectivity index (χ2v) is 4.74. The summed E-state index contributed by atoms with van der Waals surface area (Å²) in [4.78, 5) is 0. The molecule has 66 valence electrons. The lowest BCUT2D eigenvalue weighted by Crippen LogP contribution is -2.36. The Hall–Kier alpha value is -0.0400. The first kappa shape index (κ1) is 9.05. The zero-order valence-electron chi connectivity index (χ0n) is 8.56. The molecule has 0 bridgehead atoms. The summed E-state index contributed by atoms with van der Waals surface area (Å²) >= 11 is 0. The standard InChI is InChI=1S/C10H20O/c1-7(2)9(4,5)10(6)8(3)11-10/h7-8H,1-6H3. The van der Waals surface area contributed by atoms with E-state index in [0.717, 1.165) is 0 Å². The van der Waals surface area contributed by atoms with Gasteiger partial charge in [0.25, 0.3) is 0 Å². The third-order valence-corrected chi connectivity index (χ3v) is 3.86. The first-order valence-electron chi connectivity index (χ1n) is 4.50. The molecule has 0 N–H and O–H groups in total. The van der Waals surface area contributed by atoms with Crippen molar-refractivity contribution < 1.29 is 4.74 Å². The monoisotopic (exact) mass is 156 g/mol. The van der Waals surface area contributed by atoms with Crippen LogP contribution in [0.2, 0.25) is 0 Å². The van der Waals surface area contributed by atoms with E-state index in [2.05, 4.69) is 41.5 Å². The van der Waals surface area contributed by atoms with Crippen molar-refractivity contribution in [2.24, 2.45) is 11.3 Å². The summed E-state index contributed by atoms with van der Waals surface area (Å²) in [5, 5.41) is 0. The molecule has 2 atom stereocenters. The SMILES string of the molecule is CC(C)C(C)(C)C1(C)OC1C. The van der Waals surface area contributed by atoms with Crippen LogP contribution in [0, 0.1) is 11.3 Å². The molecule has 1 heteroatoms. The van der Waals surface area contributed by atoms with Crippen molar-refractivity contribution in [1.82, 2.24) is 0 Å². The Kier molecular flexibility index (Phi) is 1.83. The minimum absolute atomic E-state index is 0.126. The quantitative estimate of drug-likeness (QED) is 0.560. The third kappa shape index (κ3) is 1.10. The fourth-order valence-electron chi connectivity index (χ4n) is 1.58. The fourth-order valence-corrected chi connectivity index (χ4v) is 1.58. The normalized spacial score (nSPS) is 37.9. The minimum atomic E-state index is 0.126. The smallest absolute Gasteiger partial charge is 0.0970 e. The van der Waals surface area contributed by atoms with E-state index in [1.54, 1.807) is 0 Å². The zero-order valence-corrected chi connectivity index (χ0v) is 8.56. The molecule has 1 aliphatic rings. The van der Waals surface area contributed by atoms with Crippen molar-refractivity contribution in [3.63, 3.8) is 0 Å². The number of rotatable bonds is 2. The molecule has 0 aromatic heterocycles. The van der Waals surface area contributed by atoms with Gasteiger partial charge in [-0.1, -0.05) is 27.7 Å². The van der Waals surface area contributed by atoms with Crippen LogP contribution >= 0.6 is 0 Å². The van der Waals surface area contributed by atoms with Gasteiger partial charge in [-0.05, 0) is 25.2 Å². The number of ether oxygens (including phenoxy) is 1. The predicted octanol–water partition coefficient (Wildman–Crippen LogP) is 2.85. The molecule has 0 amide bonds. The summed E-state index contributed by atoms with van der Waals surface area (Å²) in [6, 6.07) is 0. The van der Waals surface area contributed by atoms with E-state index in [0.29, 0.717) is 17.4 Å². The van der Waals surface area contributed by atoms with Gasteiger partial charge in [0, 0.05) is 0 Å². The number of epoxide rings is 1. The number of hydrogen-bond donors (Lipinski definition) is 0. The Balaban J connectivity index is 2.74. The Labute approximate surface area is 70.1 Å². The summed E-state index contributed by atoms with van der Waals surface area (Å²) < 4.78 is 5.63. The lowest BCUT2D eigenvalue weighted by atomic mass is 9.70. The molecule has 1 nitrogen and oxygen atoms in total. The Morgan fingerprint density at radius 2 is 1.73 bits per heavy atom. The van der Waals surface area contributed by atoms with Crippen LogP contribution < -0.4 is 0 Å². The van der Waals surface area contributed by atoms with Crippen LogP contribution in [0.3, 0.4) is 0 Å². The predicted molar refractivity (Wildman–Crippen MR) is 47.6 cm³/mol. The van der Waals surface area contributed by atoms with E-state index >= 15 is 0 Å². The first-order chi connectivity index (χ1) is 4.82. The molecule has 0 aromatic carbocycles. The lowest BCUT2D eigenvalue weighted by Gasteiger charge is -2.34. The van der Waals surface area contributed by atoms with Gasteiger partial charge in [-0.2, -0.15) is 0 Å². The van der Waals surface area contributed by atoms with Crippen LogP contribution in [0.15, 0.2) is 0 Å². The van der Waals surface area contributed by atoms with Crippen molar-refractivity contribution in [1.29, 1.82) is 0 Å². The lowest BCUT2D eigenvalue weighted by molar-refractivity contribution is 0.101. The van der Waals surface area contributed by atoms with Crippen LogP contribution in [0.25, 0.3) is 0 Å². The average molecular weight is 156 g/mol. The highest BCUT2D eigenvalue weighted by Crippen LogP contribution is 2.53. The van der Waals surface area contributed by atoms with E-state index < -0.39 is 0 Å². The van der Waals surface area contributed by atoms with Gasteiger partial charge in [-0.3, -0.25) is 0 Å². The molecule has 1 fully saturated rings. The number of hydrogen-bond acceptors (Lipinski definition) is 1. The average Bonchev–Trinajstić information content (AvgIpc) is 2.42. The molecule has 0 saturated carbocycles. The highest BCUT2D eigenvalue weighted by Gasteiger charge is 2.59. The Bertz CT molecular complexity index is 160. The van der Waals surface area contributed by atoms with Gasteiger partial charge in [0.15, 0.2) is 0 Å². The van der Waals surface area contributed by atoms with Crippen molar-refractivity contribution in [2.75, 3.05) is 0 Å². The summed E-state index contributed by atoms with van der Waals surface area (Å²) in [5.41, 5.74) is 0.424. The maximum atomic E-state index is 5.63. The highest BCUT2D eigenvalue weighted by molar-refractivity contribution is 5.07. The van der Waals surface area contributed by atoms with Crippen molar-refractivity contribution in [2.45, 2.75) is 53.2 Å². The van der Waals surface area contributed by atoms with Gasteiger partial charge in [0.2, 0.25) is 0 Å². The molecule has 1 saturated heterocycles. The summed E-state index contributed by atoms with van der Waals surface area (Å²) in [6.45, 7) is 13.5. The molecular formula is C10H20O. The van der Waals surface area contributed by atoms with Gasteiger partial charge in [0.1, 0.15) is 0 Å². The summed E-state index contributed by atoms with van der Waals surface area (Å²) in [6.07, 6.45) is 0.444. The van der Waals surface area contributed by atoms with Gasteiger partial charge >= 0.3 is 0 Å². The molecule has 0 spiro atoms. The molecule has 0 radical (unpaired) electrons. The van der Waals surface area contributed by atoms with Gasteiger partial charge in [-0.15, -0.1) is 0 Å². The van der Waals surface area contributed by atoms with Crippen LogP contribution in [0.5, 0.6) is 0 Å². The molecule has 2 unspecified atom stereocenters. The second-order valence-electron chi connectivity index (χ2n) is 4.74. The molecule has 1 aliphatic heterocycles. The Morgan fingerprint density at radius 3 is 1.82 bits per heavy atom. The Morgan fingerprint density at radius 1 is 1.36 bits per heavy atom. The molecule has 0 aromatic rings. The largest absolute Gasteiger partial charge is 0.366 e. The molecule has 1 heterocycles. The highest BCUT2D eigenvalue weighted by atomic mass is 16.6. The summed E-state index contributed by atoms with van der Waals surface area (Å²) in [5.74, 6) is 0.678. The maximum Gasteiger partial charge on any atom is 0.0970 e. The van der Waals surface area contributed by atoms with Crippen LogP contribution in [-0.4, -0.2) is 11.7 Å². The van der Waals surface area contributed by atoms with Gasteiger partial charge < -0.3 is 4.74 Å². The van der Waals surface area contributed by atoms with Crippen LogP contribution in [-0.2, 0) is 4.74 Å². The van der Waals surface area contributed by atoms with Crippen molar-refractivity contribution >= 4 is 0 Å². The maximum absolute atomic E-state index is 5.63. The van der Waals surface area contributed by atoms with Crippen LogP contribution in [0.4, 0.5) is 0 Å². The van der Waals surface area contributed by atoms with Crippen molar-refractivity contribution in [3.05, 3.63) is 0 Å². The van der Waals surface area contributed by atoms with E-state index in [1.807, 2.05) is 0 Å². The molecule has 11 heavy (non-hydrogen) atoms. The zero-order chi connectivity index (χ0) is 8.86. The minimum Gasteiger partial charge on any atom is -0.366 e. The molecule has 0 aliphatic carbocycles. The second kappa shape index (κ2) is 2.22. The van der Waals surface area contributed by atoms with Gasteiger partial charge in [-0.25, -0.2) is 0 Å². The van der Waals surface area contributed by atoms with E-state index in [1.165, 1.54) is 0 Å². The van der Waals surface area contributed by atoms with Gasteiger partial charge in [0.05, 0.1) is 11.7 Å². The van der Waals surface area contributed by atoms with Crippen LogP contribution in [0.1, 0.15) is 41.5 Å². The third-order valence-electron chi connectivity index (χ3n) is 3.86. The summed E-state index contributed by atoms with van der Waals surface area (Å²) in [7, 11) is 0. The topological polar surface area (TPSA) is 12.5 Å². The van der Waals surface area contributed by atoms with E-state index in [-0.39, 0.29) is 5.60 Å². The van der Waals surface area contributed by atoms with E-state index in [9.17, 15) is 0 Å².